The summed E-state index contributed by atoms with van der Waals surface area (Å²) in [6, 6.07) is 12.4. The number of carbonyl (C=O) groups excluding carboxylic acids is 1. The van der Waals surface area contributed by atoms with Crippen molar-refractivity contribution in [2.24, 2.45) is 0 Å². The fourth-order valence-electron chi connectivity index (χ4n) is 4.01. The zero-order valence-corrected chi connectivity index (χ0v) is 19.2. The Balaban J connectivity index is 1.68. The number of likely N-dealkylation sites (N-methyl/N-ethyl adjacent to an activating group) is 1. The van der Waals surface area contributed by atoms with Crippen LogP contribution in [0.2, 0.25) is 0 Å². The van der Waals surface area contributed by atoms with Gasteiger partial charge in [0.1, 0.15) is 17.1 Å². The molecule has 0 N–H and O–H groups in total. The Morgan fingerprint density at radius 1 is 1.26 bits per heavy atom. The van der Waals surface area contributed by atoms with Crippen LogP contribution < -0.4 is 9.64 Å². The Bertz CT molecular complexity index is 855. The van der Waals surface area contributed by atoms with Crippen LogP contribution in [0.5, 0.6) is 5.75 Å². The van der Waals surface area contributed by atoms with Crippen LogP contribution in [-0.4, -0.2) is 54.2 Å². The average molecular weight is 426 g/mol. The molecule has 1 fully saturated rings. The molecule has 1 aliphatic rings. The second kappa shape index (κ2) is 11.1. The van der Waals surface area contributed by atoms with Crippen molar-refractivity contribution in [2.45, 2.75) is 59.2 Å². The molecule has 1 atom stereocenters. The highest BCUT2D eigenvalue weighted by Crippen LogP contribution is 2.26. The fourth-order valence-corrected chi connectivity index (χ4v) is 4.01. The Morgan fingerprint density at radius 2 is 2.10 bits per heavy atom. The third-order valence-corrected chi connectivity index (χ3v) is 5.49. The van der Waals surface area contributed by atoms with Gasteiger partial charge in [-0.25, -0.2) is 9.78 Å². The molecule has 0 radical (unpaired) electrons. The molecule has 2 heterocycles. The Kier molecular flexibility index (Phi) is 8.29. The summed E-state index contributed by atoms with van der Waals surface area (Å²) in [5.74, 6) is 1.35. The largest absolute Gasteiger partial charge is 0.494 e. The number of pyridine rings is 1. The summed E-state index contributed by atoms with van der Waals surface area (Å²) in [4.78, 5) is 21.8. The number of carbonyl (C=O) groups is 1. The van der Waals surface area contributed by atoms with Gasteiger partial charge in [-0.3, -0.25) is 4.90 Å². The lowest BCUT2D eigenvalue weighted by Gasteiger charge is -2.28. The van der Waals surface area contributed by atoms with Gasteiger partial charge in [-0.2, -0.15) is 0 Å². The van der Waals surface area contributed by atoms with Crippen LogP contribution in [0.1, 0.15) is 56.5 Å². The summed E-state index contributed by atoms with van der Waals surface area (Å²) in [7, 11) is 0. The molecule has 1 aromatic carbocycles. The van der Waals surface area contributed by atoms with Crippen molar-refractivity contribution in [2.75, 3.05) is 31.1 Å². The molecule has 2 aromatic rings. The molecule has 0 aliphatic carbocycles. The van der Waals surface area contributed by atoms with Crippen LogP contribution >= 0.6 is 0 Å². The fraction of sp³-hybridized carbons (Fsp3) is 0.520. The third-order valence-electron chi connectivity index (χ3n) is 5.49. The summed E-state index contributed by atoms with van der Waals surface area (Å²) in [6.07, 6.45) is 3.63. The van der Waals surface area contributed by atoms with E-state index in [-0.39, 0.29) is 12.1 Å². The topological polar surface area (TPSA) is 54.9 Å². The lowest BCUT2D eigenvalue weighted by atomic mass is 10.1. The van der Waals surface area contributed by atoms with Gasteiger partial charge in [0, 0.05) is 31.9 Å². The summed E-state index contributed by atoms with van der Waals surface area (Å²) in [6.45, 7) is 12.3. The molecule has 0 amide bonds. The van der Waals surface area contributed by atoms with E-state index in [9.17, 15) is 4.79 Å². The second-order valence-corrected chi connectivity index (χ2v) is 8.28. The first-order chi connectivity index (χ1) is 15.0. The molecule has 0 spiro atoms. The van der Waals surface area contributed by atoms with Gasteiger partial charge in [0.25, 0.3) is 0 Å². The predicted octanol–water partition coefficient (Wildman–Crippen LogP) is 4.54. The van der Waals surface area contributed by atoms with E-state index in [0.717, 1.165) is 57.2 Å². The lowest BCUT2D eigenvalue weighted by molar-refractivity contribution is 0.0378. The minimum Gasteiger partial charge on any atom is -0.494 e. The van der Waals surface area contributed by atoms with Crippen molar-refractivity contribution in [3.63, 3.8) is 0 Å². The summed E-state index contributed by atoms with van der Waals surface area (Å²) >= 11 is 0. The Hall–Kier alpha value is -2.60. The maximum Gasteiger partial charge on any atom is 0.342 e. The normalized spacial score (nSPS) is 16.2. The number of rotatable bonds is 10. The van der Waals surface area contributed by atoms with Gasteiger partial charge in [0.2, 0.25) is 0 Å². The molecule has 1 aromatic heterocycles. The van der Waals surface area contributed by atoms with Crippen LogP contribution in [0, 0.1) is 0 Å². The van der Waals surface area contributed by atoms with E-state index >= 15 is 0 Å². The van der Waals surface area contributed by atoms with E-state index in [1.807, 2.05) is 19.9 Å². The van der Waals surface area contributed by atoms with Crippen LogP contribution in [0.15, 0.2) is 42.6 Å². The Labute approximate surface area is 186 Å². The Morgan fingerprint density at radius 3 is 2.84 bits per heavy atom. The number of hydrogen-bond donors (Lipinski definition) is 0. The SMILES string of the molecule is CCCOc1cccc(CN(CC)[C@@H]2CCN(c3ncccc3C(=O)OC(C)C)C2)c1. The van der Waals surface area contributed by atoms with Crippen molar-refractivity contribution in [1.29, 1.82) is 0 Å². The molecule has 1 saturated heterocycles. The molecule has 0 bridgehead atoms. The van der Waals surface area contributed by atoms with E-state index in [2.05, 4.69) is 46.8 Å². The van der Waals surface area contributed by atoms with Gasteiger partial charge < -0.3 is 14.4 Å². The van der Waals surface area contributed by atoms with Crippen molar-refractivity contribution >= 4 is 11.8 Å². The molecule has 3 rings (SSSR count). The van der Waals surface area contributed by atoms with Crippen LogP contribution in [-0.2, 0) is 11.3 Å². The minimum atomic E-state index is -0.308. The van der Waals surface area contributed by atoms with E-state index < -0.39 is 0 Å². The highest BCUT2D eigenvalue weighted by molar-refractivity contribution is 5.94. The van der Waals surface area contributed by atoms with Gasteiger partial charge >= 0.3 is 5.97 Å². The number of benzene rings is 1. The van der Waals surface area contributed by atoms with Crippen molar-refractivity contribution in [3.05, 3.63) is 53.7 Å². The molecule has 6 heteroatoms. The van der Waals surface area contributed by atoms with E-state index in [4.69, 9.17) is 9.47 Å². The highest BCUT2D eigenvalue weighted by Gasteiger charge is 2.30. The predicted molar refractivity (Wildman–Crippen MR) is 124 cm³/mol. The molecular weight excluding hydrogens is 390 g/mol. The van der Waals surface area contributed by atoms with Gasteiger partial charge in [0.05, 0.1) is 12.7 Å². The molecule has 31 heavy (non-hydrogen) atoms. The van der Waals surface area contributed by atoms with Gasteiger partial charge in [0.15, 0.2) is 0 Å². The number of ether oxygens (including phenoxy) is 2. The van der Waals surface area contributed by atoms with Crippen LogP contribution in [0.4, 0.5) is 5.82 Å². The number of esters is 1. The molecule has 6 nitrogen and oxygen atoms in total. The van der Waals surface area contributed by atoms with Crippen molar-refractivity contribution < 1.29 is 14.3 Å². The summed E-state index contributed by atoms with van der Waals surface area (Å²) < 4.78 is 11.2. The van der Waals surface area contributed by atoms with Gasteiger partial charge in [-0.1, -0.05) is 26.0 Å². The van der Waals surface area contributed by atoms with Crippen LogP contribution in [0.3, 0.4) is 0 Å². The molecule has 0 unspecified atom stereocenters. The van der Waals surface area contributed by atoms with E-state index in [0.29, 0.717) is 11.6 Å². The molecule has 0 saturated carbocycles. The van der Waals surface area contributed by atoms with Crippen molar-refractivity contribution in [3.8, 4) is 5.75 Å². The van der Waals surface area contributed by atoms with Gasteiger partial charge in [-0.05, 0) is 63.1 Å². The number of aromatic nitrogens is 1. The molecule has 1 aliphatic heterocycles. The highest BCUT2D eigenvalue weighted by atomic mass is 16.5. The van der Waals surface area contributed by atoms with Gasteiger partial charge in [-0.15, -0.1) is 0 Å². The van der Waals surface area contributed by atoms with Crippen LogP contribution in [0.25, 0.3) is 0 Å². The first kappa shape index (κ1) is 23.1. The second-order valence-electron chi connectivity index (χ2n) is 8.28. The first-order valence-electron chi connectivity index (χ1n) is 11.4. The summed E-state index contributed by atoms with van der Waals surface area (Å²) in [5, 5.41) is 0. The standard InChI is InChI=1S/C25H35N3O3/c1-5-15-30-22-10-7-9-20(16-22)17-27(6-2)21-12-14-28(18-21)24-23(11-8-13-26-24)25(29)31-19(3)4/h7-11,13,16,19,21H,5-6,12,14-15,17-18H2,1-4H3/t21-/m1/s1. The van der Waals surface area contributed by atoms with E-state index in [1.165, 1.54) is 5.56 Å². The quantitative estimate of drug-likeness (QED) is 0.521. The molecular formula is C25H35N3O3. The molecule has 168 valence electrons. The zero-order chi connectivity index (χ0) is 22.2. The third kappa shape index (κ3) is 6.20. The van der Waals surface area contributed by atoms with E-state index in [1.54, 1.807) is 18.3 Å². The van der Waals surface area contributed by atoms with Crippen molar-refractivity contribution in [1.82, 2.24) is 9.88 Å². The minimum absolute atomic E-state index is 0.153. The monoisotopic (exact) mass is 425 g/mol. The maximum absolute atomic E-state index is 12.5. The maximum atomic E-state index is 12.5. The first-order valence-corrected chi connectivity index (χ1v) is 11.4. The smallest absolute Gasteiger partial charge is 0.342 e. The number of anilines is 1. The average Bonchev–Trinajstić information content (AvgIpc) is 3.26. The summed E-state index contributed by atoms with van der Waals surface area (Å²) in [5.41, 5.74) is 1.80. The number of nitrogens with zero attached hydrogens (tertiary/aromatic N) is 3. The lowest BCUT2D eigenvalue weighted by Crippen LogP contribution is -2.37. The number of hydrogen-bond acceptors (Lipinski definition) is 6. The zero-order valence-electron chi connectivity index (χ0n) is 19.2.